The van der Waals surface area contributed by atoms with E-state index in [1.165, 1.54) is 38.8 Å². The third-order valence-electron chi connectivity index (χ3n) is 4.41. The number of hydrogen-bond acceptors (Lipinski definition) is 3. The van der Waals surface area contributed by atoms with E-state index in [-0.39, 0.29) is 0 Å². The summed E-state index contributed by atoms with van der Waals surface area (Å²) < 4.78 is 0. The predicted molar refractivity (Wildman–Crippen MR) is 80.1 cm³/mol. The molecule has 1 rings (SSSR count). The van der Waals surface area contributed by atoms with Crippen LogP contribution in [0.1, 0.15) is 39.5 Å². The van der Waals surface area contributed by atoms with E-state index in [1.807, 2.05) is 0 Å². The highest BCUT2D eigenvalue weighted by Crippen LogP contribution is 2.37. The lowest BCUT2D eigenvalue weighted by Gasteiger charge is -2.45. The molecule has 0 aromatic heterocycles. The average Bonchev–Trinajstić information content (AvgIpc) is 2.27. The smallest absolute Gasteiger partial charge is 0.0251 e. The van der Waals surface area contributed by atoms with Crippen LogP contribution in [0.5, 0.6) is 0 Å². The molecule has 108 valence electrons. The van der Waals surface area contributed by atoms with E-state index in [0.29, 0.717) is 17.5 Å². The van der Waals surface area contributed by atoms with Crippen molar-refractivity contribution in [3.63, 3.8) is 0 Å². The summed E-state index contributed by atoms with van der Waals surface area (Å²) in [6.07, 6.45) is 5.24. The van der Waals surface area contributed by atoms with Crippen LogP contribution in [0.2, 0.25) is 0 Å². The van der Waals surface area contributed by atoms with Crippen LogP contribution in [0, 0.1) is 5.41 Å². The average molecular weight is 255 g/mol. The van der Waals surface area contributed by atoms with Crippen LogP contribution < -0.4 is 5.32 Å². The number of likely N-dealkylation sites (N-methyl/N-ethyl adjacent to an activating group) is 2. The van der Waals surface area contributed by atoms with E-state index in [1.54, 1.807) is 0 Å². The normalized spacial score (nSPS) is 28.0. The second kappa shape index (κ2) is 6.88. The summed E-state index contributed by atoms with van der Waals surface area (Å²) >= 11 is 0. The minimum absolute atomic E-state index is 0.508. The lowest BCUT2D eigenvalue weighted by Crippen LogP contribution is -2.53. The Bertz CT molecular complexity index is 238. The lowest BCUT2D eigenvalue weighted by atomic mass is 9.72. The molecule has 0 radical (unpaired) electrons. The van der Waals surface area contributed by atoms with Crippen molar-refractivity contribution in [2.45, 2.75) is 51.6 Å². The molecule has 0 heterocycles. The molecule has 1 N–H and O–H groups in total. The Morgan fingerprint density at radius 3 is 2.39 bits per heavy atom. The van der Waals surface area contributed by atoms with Crippen molar-refractivity contribution in [3.8, 4) is 0 Å². The second-order valence-electron chi connectivity index (χ2n) is 7.01. The van der Waals surface area contributed by atoms with Gasteiger partial charge in [-0.15, -0.1) is 0 Å². The van der Waals surface area contributed by atoms with Crippen LogP contribution in [0.3, 0.4) is 0 Å². The van der Waals surface area contributed by atoms with Gasteiger partial charge in [0.15, 0.2) is 0 Å². The van der Waals surface area contributed by atoms with E-state index >= 15 is 0 Å². The van der Waals surface area contributed by atoms with Crippen molar-refractivity contribution in [1.82, 2.24) is 15.1 Å². The fraction of sp³-hybridized carbons (Fsp3) is 1.00. The number of hydrogen-bond donors (Lipinski definition) is 1. The molecule has 0 aromatic carbocycles. The first kappa shape index (κ1) is 15.9. The number of nitrogens with zero attached hydrogens (tertiary/aromatic N) is 2. The maximum absolute atomic E-state index is 3.52. The molecule has 1 saturated carbocycles. The maximum Gasteiger partial charge on any atom is 0.0251 e. The molecule has 1 fully saturated rings. The minimum atomic E-state index is 0.508. The molecule has 0 spiro atoms. The minimum Gasteiger partial charge on any atom is -0.315 e. The fourth-order valence-corrected chi connectivity index (χ4v) is 3.15. The van der Waals surface area contributed by atoms with Crippen LogP contribution in [-0.4, -0.2) is 63.2 Å². The molecule has 0 bridgehead atoms. The highest BCUT2D eigenvalue weighted by Gasteiger charge is 2.35. The van der Waals surface area contributed by atoms with E-state index in [2.05, 4.69) is 57.2 Å². The van der Waals surface area contributed by atoms with Crippen LogP contribution in [0.4, 0.5) is 0 Å². The van der Waals surface area contributed by atoms with Crippen molar-refractivity contribution in [1.29, 1.82) is 0 Å². The van der Waals surface area contributed by atoms with Crippen molar-refractivity contribution in [2.24, 2.45) is 5.41 Å². The maximum atomic E-state index is 3.52. The van der Waals surface area contributed by atoms with Crippen molar-refractivity contribution in [2.75, 3.05) is 41.3 Å². The van der Waals surface area contributed by atoms with Crippen molar-refractivity contribution >= 4 is 0 Å². The van der Waals surface area contributed by atoms with Gasteiger partial charge in [0.05, 0.1) is 0 Å². The fourth-order valence-electron chi connectivity index (χ4n) is 3.15. The Morgan fingerprint density at radius 2 is 1.83 bits per heavy atom. The zero-order valence-corrected chi connectivity index (χ0v) is 13.3. The van der Waals surface area contributed by atoms with E-state index in [4.69, 9.17) is 0 Å². The molecule has 18 heavy (non-hydrogen) atoms. The second-order valence-corrected chi connectivity index (χ2v) is 7.01. The molecule has 0 amide bonds. The molecule has 0 saturated heterocycles. The molecule has 2 unspecified atom stereocenters. The highest BCUT2D eigenvalue weighted by molar-refractivity contribution is 4.93. The summed E-state index contributed by atoms with van der Waals surface area (Å²) in [7, 11) is 8.72. The SMILES string of the molecule is CNC1CCC(C)(C)CC1N(C)CCCN(C)C. The molecule has 3 heteroatoms. The Kier molecular flexibility index (Phi) is 6.09. The van der Waals surface area contributed by atoms with Gasteiger partial charge < -0.3 is 15.1 Å². The lowest BCUT2D eigenvalue weighted by molar-refractivity contribution is 0.0828. The number of nitrogens with one attached hydrogen (secondary N) is 1. The van der Waals surface area contributed by atoms with E-state index in [0.717, 1.165) is 0 Å². The highest BCUT2D eigenvalue weighted by atomic mass is 15.2. The van der Waals surface area contributed by atoms with Crippen molar-refractivity contribution in [3.05, 3.63) is 0 Å². The van der Waals surface area contributed by atoms with Crippen LogP contribution in [0.15, 0.2) is 0 Å². The van der Waals surface area contributed by atoms with Gasteiger partial charge in [0, 0.05) is 12.1 Å². The van der Waals surface area contributed by atoms with Gasteiger partial charge in [-0.1, -0.05) is 13.8 Å². The Morgan fingerprint density at radius 1 is 1.17 bits per heavy atom. The first-order valence-corrected chi connectivity index (χ1v) is 7.38. The topological polar surface area (TPSA) is 18.5 Å². The summed E-state index contributed by atoms with van der Waals surface area (Å²) in [4.78, 5) is 4.85. The quantitative estimate of drug-likeness (QED) is 0.783. The molecule has 2 atom stereocenters. The van der Waals surface area contributed by atoms with Gasteiger partial charge in [0.1, 0.15) is 0 Å². The number of rotatable bonds is 6. The summed E-state index contributed by atoms with van der Waals surface area (Å²) in [5.74, 6) is 0. The summed E-state index contributed by atoms with van der Waals surface area (Å²) in [5.41, 5.74) is 0.508. The van der Waals surface area contributed by atoms with Gasteiger partial charge in [-0.2, -0.15) is 0 Å². The largest absolute Gasteiger partial charge is 0.315 e. The first-order chi connectivity index (χ1) is 8.35. The zero-order chi connectivity index (χ0) is 13.8. The van der Waals surface area contributed by atoms with Gasteiger partial charge in [-0.05, 0) is 72.4 Å². The third-order valence-corrected chi connectivity index (χ3v) is 4.41. The molecule has 1 aliphatic carbocycles. The first-order valence-electron chi connectivity index (χ1n) is 7.38. The zero-order valence-electron chi connectivity index (χ0n) is 13.3. The Balaban J connectivity index is 2.48. The van der Waals surface area contributed by atoms with Gasteiger partial charge in [-0.25, -0.2) is 0 Å². The van der Waals surface area contributed by atoms with Crippen LogP contribution >= 0.6 is 0 Å². The Labute approximate surface area is 114 Å². The van der Waals surface area contributed by atoms with Gasteiger partial charge in [0.2, 0.25) is 0 Å². The monoisotopic (exact) mass is 255 g/mol. The molecule has 3 nitrogen and oxygen atoms in total. The molecular weight excluding hydrogens is 222 g/mol. The van der Waals surface area contributed by atoms with Crippen LogP contribution in [0.25, 0.3) is 0 Å². The Hall–Kier alpha value is -0.120. The van der Waals surface area contributed by atoms with Gasteiger partial charge >= 0.3 is 0 Å². The predicted octanol–water partition coefficient (Wildman–Crippen LogP) is 2.04. The van der Waals surface area contributed by atoms with Crippen molar-refractivity contribution < 1.29 is 0 Å². The van der Waals surface area contributed by atoms with E-state index in [9.17, 15) is 0 Å². The molecule has 0 aromatic rings. The molecular formula is C15H33N3. The summed E-state index contributed by atoms with van der Waals surface area (Å²) in [6.45, 7) is 7.22. The van der Waals surface area contributed by atoms with Gasteiger partial charge in [0.25, 0.3) is 0 Å². The van der Waals surface area contributed by atoms with Gasteiger partial charge in [-0.3, -0.25) is 0 Å². The van der Waals surface area contributed by atoms with Crippen LogP contribution in [-0.2, 0) is 0 Å². The van der Waals surface area contributed by atoms with E-state index < -0.39 is 0 Å². The molecule has 1 aliphatic rings. The third kappa shape index (κ3) is 4.87. The standard InChI is InChI=1S/C15H33N3/c1-15(2)9-8-13(16-3)14(12-15)18(6)11-7-10-17(4)5/h13-14,16H,7-12H2,1-6H3. The summed E-state index contributed by atoms with van der Waals surface area (Å²) in [6, 6.07) is 1.36. The molecule has 0 aliphatic heterocycles. The summed E-state index contributed by atoms with van der Waals surface area (Å²) in [5, 5.41) is 3.52.